The van der Waals surface area contributed by atoms with Gasteiger partial charge in [-0.15, -0.1) is 0 Å². The van der Waals surface area contributed by atoms with E-state index in [2.05, 4.69) is 0 Å². The fraction of sp³-hybridized carbons (Fsp3) is 0.222. The maximum Gasteiger partial charge on any atom is 0.263 e. The third kappa shape index (κ3) is 3.04. The van der Waals surface area contributed by atoms with Crippen molar-refractivity contribution in [3.8, 4) is 5.75 Å². The summed E-state index contributed by atoms with van der Waals surface area (Å²) in [4.78, 5) is 42.7. The van der Waals surface area contributed by atoms with Crippen molar-refractivity contribution in [2.24, 2.45) is 5.41 Å². The summed E-state index contributed by atoms with van der Waals surface area (Å²) in [5.41, 5.74) is 1.60. The standard InChI is InChI=1S/C27H23NO4/c1-27(2)14-21-24(22(29)15-27)25(30)19-11-4-7-16-8-5-12-20(23(16)19)26(31)28(21)17-9-6-10-18(13-17)32-3/h4-13H,14-15H2,1-3H3. The second-order valence-electron chi connectivity index (χ2n) is 9.14. The molecule has 0 saturated carbocycles. The molecular formula is C27H23NO4. The minimum Gasteiger partial charge on any atom is -0.497 e. The summed E-state index contributed by atoms with van der Waals surface area (Å²) in [6.45, 7) is 3.97. The fourth-order valence-corrected chi connectivity index (χ4v) is 4.85. The highest BCUT2D eigenvalue weighted by atomic mass is 16.5. The molecule has 0 fully saturated rings. The molecule has 0 bridgehead atoms. The molecule has 1 heterocycles. The van der Waals surface area contributed by atoms with E-state index >= 15 is 0 Å². The van der Waals surface area contributed by atoms with E-state index in [0.717, 1.165) is 5.39 Å². The number of Topliss-reactive ketones (excluding diaryl/α,β-unsaturated/α-hetero) is 2. The molecule has 0 spiro atoms. The van der Waals surface area contributed by atoms with E-state index in [-0.39, 0.29) is 34.9 Å². The minimum absolute atomic E-state index is 0.113. The van der Waals surface area contributed by atoms with Crippen molar-refractivity contribution in [1.82, 2.24) is 0 Å². The number of hydrogen-bond donors (Lipinski definition) is 0. The van der Waals surface area contributed by atoms with Gasteiger partial charge in [0.15, 0.2) is 11.6 Å². The molecule has 0 aromatic heterocycles. The number of ketones is 2. The third-order valence-electron chi connectivity index (χ3n) is 6.24. The summed E-state index contributed by atoms with van der Waals surface area (Å²) >= 11 is 0. The molecule has 2 aliphatic rings. The van der Waals surface area contributed by atoms with Crippen LogP contribution < -0.4 is 9.64 Å². The number of amides is 1. The van der Waals surface area contributed by atoms with Crippen molar-refractivity contribution in [2.45, 2.75) is 26.7 Å². The monoisotopic (exact) mass is 425 g/mol. The molecule has 0 N–H and O–H groups in total. The SMILES string of the molecule is COc1cccc(N2C(=O)c3cccc4cccc(c34)C(=O)C3=C2CC(C)(C)CC3=O)c1. The summed E-state index contributed by atoms with van der Waals surface area (Å²) in [5, 5.41) is 1.38. The molecule has 0 unspecified atom stereocenters. The average Bonchev–Trinajstić information content (AvgIpc) is 2.76. The normalized spacial score (nSPS) is 17.8. The Balaban J connectivity index is 1.88. The minimum atomic E-state index is -0.377. The Morgan fingerprint density at radius 1 is 0.875 bits per heavy atom. The van der Waals surface area contributed by atoms with Gasteiger partial charge in [-0.3, -0.25) is 19.3 Å². The number of ether oxygens (including phenoxy) is 1. The van der Waals surface area contributed by atoms with Gasteiger partial charge in [-0.2, -0.15) is 0 Å². The smallest absolute Gasteiger partial charge is 0.263 e. The average molecular weight is 425 g/mol. The second kappa shape index (κ2) is 7.16. The first-order valence-corrected chi connectivity index (χ1v) is 10.6. The van der Waals surface area contributed by atoms with Crippen LogP contribution in [0.2, 0.25) is 0 Å². The Hall–Kier alpha value is -3.73. The Morgan fingerprint density at radius 2 is 1.56 bits per heavy atom. The molecule has 0 atom stereocenters. The maximum atomic E-state index is 14.1. The molecule has 1 aliphatic carbocycles. The number of hydrogen-bond acceptors (Lipinski definition) is 4. The van der Waals surface area contributed by atoms with Crippen LogP contribution in [0.3, 0.4) is 0 Å². The molecule has 160 valence electrons. The molecule has 0 radical (unpaired) electrons. The number of rotatable bonds is 2. The zero-order valence-corrected chi connectivity index (χ0v) is 18.3. The first-order valence-electron chi connectivity index (χ1n) is 10.6. The lowest BCUT2D eigenvalue weighted by molar-refractivity contribution is -0.117. The van der Waals surface area contributed by atoms with Crippen molar-refractivity contribution in [3.05, 3.63) is 83.1 Å². The largest absolute Gasteiger partial charge is 0.497 e. The van der Waals surface area contributed by atoms with Gasteiger partial charge in [0.05, 0.1) is 18.4 Å². The molecule has 5 rings (SSSR count). The van der Waals surface area contributed by atoms with Gasteiger partial charge < -0.3 is 4.74 Å². The van der Waals surface area contributed by atoms with Crippen molar-refractivity contribution in [2.75, 3.05) is 12.0 Å². The maximum absolute atomic E-state index is 14.1. The molecule has 1 amide bonds. The molecule has 5 heteroatoms. The molecule has 3 aromatic rings. The van der Waals surface area contributed by atoms with Crippen LogP contribution in [0, 0.1) is 5.41 Å². The van der Waals surface area contributed by atoms with E-state index in [9.17, 15) is 14.4 Å². The van der Waals surface area contributed by atoms with Crippen LogP contribution in [0.25, 0.3) is 10.8 Å². The Kier molecular flexibility index (Phi) is 4.52. The summed E-state index contributed by atoms with van der Waals surface area (Å²) in [7, 11) is 1.56. The lowest BCUT2D eigenvalue weighted by atomic mass is 9.73. The number of anilines is 1. The van der Waals surface area contributed by atoms with E-state index in [1.807, 2.05) is 32.0 Å². The zero-order chi connectivity index (χ0) is 22.6. The molecule has 1 aliphatic heterocycles. The highest BCUT2D eigenvalue weighted by molar-refractivity contribution is 6.34. The number of carbonyl (C=O) groups is 3. The van der Waals surface area contributed by atoms with Crippen LogP contribution in [-0.2, 0) is 4.79 Å². The quantitative estimate of drug-likeness (QED) is 0.520. The summed E-state index contributed by atoms with van der Waals surface area (Å²) in [6.07, 6.45) is 0.691. The zero-order valence-electron chi connectivity index (χ0n) is 18.3. The Bertz CT molecular complexity index is 1340. The van der Waals surface area contributed by atoms with Gasteiger partial charge in [0.1, 0.15) is 5.75 Å². The van der Waals surface area contributed by atoms with E-state index in [0.29, 0.717) is 40.1 Å². The molecule has 0 saturated heterocycles. The van der Waals surface area contributed by atoms with Crippen molar-refractivity contribution >= 4 is 33.9 Å². The van der Waals surface area contributed by atoms with Crippen molar-refractivity contribution in [1.29, 1.82) is 0 Å². The van der Waals surface area contributed by atoms with E-state index < -0.39 is 0 Å². The van der Waals surface area contributed by atoms with Gasteiger partial charge in [-0.25, -0.2) is 0 Å². The Labute approximate surface area is 186 Å². The van der Waals surface area contributed by atoms with Crippen LogP contribution in [0.1, 0.15) is 47.4 Å². The Morgan fingerprint density at radius 3 is 2.28 bits per heavy atom. The van der Waals surface area contributed by atoms with Crippen LogP contribution in [0.4, 0.5) is 5.69 Å². The van der Waals surface area contributed by atoms with E-state index in [4.69, 9.17) is 4.74 Å². The van der Waals surface area contributed by atoms with Crippen molar-refractivity contribution < 1.29 is 19.1 Å². The summed E-state index contributed by atoms with van der Waals surface area (Å²) in [6, 6.07) is 18.0. The lowest BCUT2D eigenvalue weighted by Crippen LogP contribution is -2.41. The van der Waals surface area contributed by atoms with Gasteiger partial charge in [-0.05, 0) is 35.4 Å². The summed E-state index contributed by atoms with van der Waals surface area (Å²) in [5.74, 6) is -0.218. The second-order valence-corrected chi connectivity index (χ2v) is 9.14. The topological polar surface area (TPSA) is 63.7 Å². The molecule has 3 aromatic carbocycles. The van der Waals surface area contributed by atoms with E-state index in [1.54, 1.807) is 54.5 Å². The highest BCUT2D eigenvalue weighted by Gasteiger charge is 2.42. The predicted octanol–water partition coefficient (Wildman–Crippen LogP) is 5.33. The molecule has 32 heavy (non-hydrogen) atoms. The molecular weight excluding hydrogens is 402 g/mol. The fourth-order valence-electron chi connectivity index (χ4n) is 4.85. The van der Waals surface area contributed by atoms with Gasteiger partial charge in [0.2, 0.25) is 0 Å². The summed E-state index contributed by atoms with van der Waals surface area (Å²) < 4.78 is 5.38. The van der Waals surface area contributed by atoms with Crippen LogP contribution in [0.5, 0.6) is 5.75 Å². The number of carbonyl (C=O) groups excluding carboxylic acids is 3. The van der Waals surface area contributed by atoms with Gasteiger partial charge in [0, 0.05) is 34.7 Å². The van der Waals surface area contributed by atoms with Gasteiger partial charge in [-0.1, -0.05) is 50.2 Å². The lowest BCUT2D eigenvalue weighted by Gasteiger charge is -2.38. The first kappa shape index (κ1) is 20.2. The number of benzene rings is 3. The van der Waals surface area contributed by atoms with Crippen LogP contribution in [0.15, 0.2) is 71.9 Å². The van der Waals surface area contributed by atoms with Crippen LogP contribution in [-0.4, -0.2) is 24.6 Å². The number of allylic oxidation sites excluding steroid dienone is 2. The van der Waals surface area contributed by atoms with Crippen molar-refractivity contribution in [3.63, 3.8) is 0 Å². The highest BCUT2D eigenvalue weighted by Crippen LogP contribution is 2.43. The predicted molar refractivity (Wildman–Crippen MR) is 123 cm³/mol. The van der Waals surface area contributed by atoms with Gasteiger partial charge in [0.25, 0.3) is 5.91 Å². The number of nitrogens with zero attached hydrogens (tertiary/aromatic N) is 1. The van der Waals surface area contributed by atoms with Gasteiger partial charge >= 0.3 is 0 Å². The third-order valence-corrected chi connectivity index (χ3v) is 6.24. The van der Waals surface area contributed by atoms with E-state index in [1.165, 1.54) is 0 Å². The number of methoxy groups -OCH3 is 1. The van der Waals surface area contributed by atoms with Crippen LogP contribution >= 0.6 is 0 Å². The molecule has 5 nitrogen and oxygen atoms in total. The first-order chi connectivity index (χ1) is 15.3.